The highest BCUT2D eigenvalue weighted by atomic mass is 32.2. The van der Waals surface area contributed by atoms with E-state index in [0.717, 1.165) is 5.56 Å². The number of hydrogen-bond donors (Lipinski definition) is 1. The number of hydrogen-bond acceptors (Lipinski definition) is 3. The van der Waals surface area contributed by atoms with Crippen LogP contribution in [-0.2, 0) is 11.3 Å². The molecule has 0 aliphatic heterocycles. The first-order valence-corrected chi connectivity index (χ1v) is 7.70. The van der Waals surface area contributed by atoms with Crippen molar-refractivity contribution in [1.29, 1.82) is 0 Å². The van der Waals surface area contributed by atoms with Crippen molar-refractivity contribution in [3.63, 3.8) is 0 Å². The second-order valence-corrected chi connectivity index (χ2v) is 6.02. The van der Waals surface area contributed by atoms with Crippen LogP contribution in [-0.4, -0.2) is 39.6 Å². The molecule has 1 aromatic rings. The van der Waals surface area contributed by atoms with Gasteiger partial charge in [-0.2, -0.15) is 0 Å². The van der Waals surface area contributed by atoms with Crippen molar-refractivity contribution in [2.24, 2.45) is 0 Å². The van der Waals surface area contributed by atoms with Gasteiger partial charge in [-0.25, -0.2) is 0 Å². The summed E-state index contributed by atoms with van der Waals surface area (Å²) in [5, 5.41) is 9.50. The zero-order valence-electron chi connectivity index (χ0n) is 11.9. The Morgan fingerprint density at radius 3 is 2.47 bits per heavy atom. The molecule has 1 aromatic carbocycles. The number of carbonyl (C=O) groups excluding carboxylic acids is 1. The Morgan fingerprint density at radius 1 is 1.32 bits per heavy atom. The van der Waals surface area contributed by atoms with E-state index in [1.807, 2.05) is 49.1 Å². The maximum atomic E-state index is 12.1. The van der Waals surface area contributed by atoms with Crippen LogP contribution in [0.15, 0.2) is 30.3 Å². The molecular formula is C15H23NO2S. The van der Waals surface area contributed by atoms with Crippen molar-refractivity contribution in [1.82, 2.24) is 4.90 Å². The Hall–Kier alpha value is -1.00. The van der Waals surface area contributed by atoms with E-state index in [0.29, 0.717) is 18.8 Å². The molecule has 0 aliphatic carbocycles. The molecule has 0 saturated heterocycles. The fraction of sp³-hybridized carbons (Fsp3) is 0.533. The van der Waals surface area contributed by atoms with Crippen LogP contribution in [0.5, 0.6) is 0 Å². The summed E-state index contributed by atoms with van der Waals surface area (Å²) in [6.45, 7) is 7.04. The molecule has 2 atom stereocenters. The van der Waals surface area contributed by atoms with E-state index < -0.39 is 0 Å². The lowest BCUT2D eigenvalue weighted by Gasteiger charge is -2.22. The fourth-order valence-corrected chi connectivity index (χ4v) is 2.48. The predicted molar refractivity (Wildman–Crippen MR) is 81.1 cm³/mol. The summed E-state index contributed by atoms with van der Waals surface area (Å²) in [4.78, 5) is 14.0. The Labute approximate surface area is 120 Å². The molecule has 0 fully saturated rings. The van der Waals surface area contributed by atoms with Gasteiger partial charge in [0.2, 0.25) is 5.91 Å². The van der Waals surface area contributed by atoms with E-state index in [9.17, 15) is 9.90 Å². The van der Waals surface area contributed by atoms with Gasteiger partial charge in [0.25, 0.3) is 0 Å². The lowest BCUT2D eigenvalue weighted by molar-refractivity contribution is -0.128. The Kier molecular flexibility index (Phi) is 6.95. The van der Waals surface area contributed by atoms with E-state index >= 15 is 0 Å². The number of nitrogens with zero attached hydrogens (tertiary/aromatic N) is 1. The molecule has 2 unspecified atom stereocenters. The highest BCUT2D eigenvalue weighted by Gasteiger charge is 2.16. The molecule has 0 aliphatic rings. The molecular weight excluding hydrogens is 258 g/mol. The standard InChI is InChI=1S/C15H23NO2S/c1-4-16(10-14-8-6-5-7-9-14)15(18)11-19-13(3)12(2)17/h5-9,12-13,17H,4,10-11H2,1-3H3. The van der Waals surface area contributed by atoms with Crippen molar-refractivity contribution in [3.8, 4) is 0 Å². The molecule has 19 heavy (non-hydrogen) atoms. The summed E-state index contributed by atoms with van der Waals surface area (Å²) in [6, 6.07) is 10.0. The molecule has 106 valence electrons. The highest BCUT2D eigenvalue weighted by Crippen LogP contribution is 2.15. The monoisotopic (exact) mass is 281 g/mol. The van der Waals surface area contributed by atoms with Crippen LogP contribution in [0, 0.1) is 0 Å². The van der Waals surface area contributed by atoms with Crippen molar-refractivity contribution in [3.05, 3.63) is 35.9 Å². The number of rotatable bonds is 7. The number of aliphatic hydroxyl groups is 1. The minimum Gasteiger partial charge on any atom is -0.392 e. The summed E-state index contributed by atoms with van der Waals surface area (Å²) in [5.74, 6) is 0.552. The first-order valence-electron chi connectivity index (χ1n) is 6.66. The molecule has 0 spiro atoms. The number of amides is 1. The Balaban J connectivity index is 2.48. The van der Waals surface area contributed by atoms with Gasteiger partial charge in [0.1, 0.15) is 0 Å². The van der Waals surface area contributed by atoms with Crippen LogP contribution in [0.4, 0.5) is 0 Å². The van der Waals surface area contributed by atoms with E-state index in [4.69, 9.17) is 0 Å². The van der Waals surface area contributed by atoms with Crippen molar-refractivity contribution in [2.75, 3.05) is 12.3 Å². The number of aliphatic hydroxyl groups excluding tert-OH is 1. The topological polar surface area (TPSA) is 40.5 Å². The summed E-state index contributed by atoms with van der Waals surface area (Å²) in [6.07, 6.45) is -0.387. The molecule has 0 bridgehead atoms. The second kappa shape index (κ2) is 8.23. The molecule has 1 N–H and O–H groups in total. The zero-order chi connectivity index (χ0) is 14.3. The molecule has 0 radical (unpaired) electrons. The van der Waals surface area contributed by atoms with Crippen molar-refractivity contribution < 1.29 is 9.90 Å². The molecule has 0 heterocycles. The van der Waals surface area contributed by atoms with E-state index in [1.165, 1.54) is 11.8 Å². The van der Waals surface area contributed by atoms with Gasteiger partial charge < -0.3 is 10.0 Å². The average molecular weight is 281 g/mol. The van der Waals surface area contributed by atoms with E-state index in [1.54, 1.807) is 6.92 Å². The van der Waals surface area contributed by atoms with Gasteiger partial charge in [-0.05, 0) is 19.4 Å². The first-order chi connectivity index (χ1) is 9.04. The minimum atomic E-state index is -0.387. The van der Waals surface area contributed by atoms with Gasteiger partial charge >= 0.3 is 0 Å². The normalized spacial score (nSPS) is 13.9. The smallest absolute Gasteiger partial charge is 0.232 e. The van der Waals surface area contributed by atoms with Gasteiger partial charge in [-0.15, -0.1) is 11.8 Å². The molecule has 0 saturated carbocycles. The van der Waals surface area contributed by atoms with Crippen molar-refractivity contribution >= 4 is 17.7 Å². The maximum Gasteiger partial charge on any atom is 0.232 e. The van der Waals surface area contributed by atoms with Gasteiger partial charge in [0.05, 0.1) is 11.9 Å². The van der Waals surface area contributed by atoms with Crippen molar-refractivity contribution in [2.45, 2.75) is 38.7 Å². The lowest BCUT2D eigenvalue weighted by atomic mass is 10.2. The molecule has 4 heteroatoms. The quantitative estimate of drug-likeness (QED) is 0.835. The van der Waals surface area contributed by atoms with Crippen LogP contribution in [0.25, 0.3) is 0 Å². The molecule has 3 nitrogen and oxygen atoms in total. The zero-order valence-corrected chi connectivity index (χ0v) is 12.7. The van der Waals surface area contributed by atoms with Crippen LogP contribution in [0.3, 0.4) is 0 Å². The average Bonchev–Trinajstić information content (AvgIpc) is 2.42. The Morgan fingerprint density at radius 2 is 1.95 bits per heavy atom. The summed E-state index contributed by atoms with van der Waals surface area (Å²) >= 11 is 1.51. The summed E-state index contributed by atoms with van der Waals surface area (Å²) < 4.78 is 0. The number of thioether (sulfide) groups is 1. The van der Waals surface area contributed by atoms with Crippen LogP contribution >= 0.6 is 11.8 Å². The maximum absolute atomic E-state index is 12.1. The van der Waals surface area contributed by atoms with E-state index in [-0.39, 0.29) is 17.3 Å². The highest BCUT2D eigenvalue weighted by molar-refractivity contribution is 8.00. The van der Waals surface area contributed by atoms with Gasteiger partial charge in [0.15, 0.2) is 0 Å². The van der Waals surface area contributed by atoms with Gasteiger partial charge in [-0.3, -0.25) is 4.79 Å². The minimum absolute atomic E-state index is 0.0828. The van der Waals surface area contributed by atoms with Gasteiger partial charge in [0, 0.05) is 18.3 Å². The first kappa shape index (κ1) is 16.1. The lowest BCUT2D eigenvalue weighted by Crippen LogP contribution is -2.32. The predicted octanol–water partition coefficient (Wildman–Crippen LogP) is 2.54. The molecule has 1 amide bonds. The van der Waals surface area contributed by atoms with Crippen LogP contribution in [0.2, 0.25) is 0 Å². The van der Waals surface area contributed by atoms with Gasteiger partial charge in [-0.1, -0.05) is 37.3 Å². The Bertz CT molecular complexity index is 381. The third-order valence-electron chi connectivity index (χ3n) is 3.10. The summed E-state index contributed by atoms with van der Waals surface area (Å²) in [5.41, 5.74) is 1.14. The van der Waals surface area contributed by atoms with E-state index in [2.05, 4.69) is 0 Å². The molecule has 0 aromatic heterocycles. The fourth-order valence-electron chi connectivity index (χ4n) is 1.61. The third kappa shape index (κ3) is 5.66. The number of benzene rings is 1. The van der Waals surface area contributed by atoms with Crippen LogP contribution in [0.1, 0.15) is 26.3 Å². The van der Waals surface area contributed by atoms with Crippen LogP contribution < -0.4 is 0 Å². The third-order valence-corrected chi connectivity index (χ3v) is 4.43. The number of carbonyl (C=O) groups is 1. The molecule has 1 rings (SSSR count). The second-order valence-electron chi connectivity index (χ2n) is 4.65. The SMILES string of the molecule is CCN(Cc1ccccc1)C(=O)CSC(C)C(C)O. The largest absolute Gasteiger partial charge is 0.392 e. The summed E-state index contributed by atoms with van der Waals surface area (Å²) in [7, 11) is 0.